The summed E-state index contributed by atoms with van der Waals surface area (Å²) in [5.74, 6) is 0.775. The van der Waals surface area contributed by atoms with Crippen LogP contribution in [-0.2, 0) is 6.54 Å². The second kappa shape index (κ2) is 5.91. The molecule has 3 nitrogen and oxygen atoms in total. The molecular weight excluding hydrogens is 186 g/mol. The number of nitrogens with one attached hydrogen (secondary N) is 1. The fraction of sp³-hybridized carbons (Fsp3) is 0.750. The minimum absolute atomic E-state index is 0.489. The van der Waals surface area contributed by atoms with Gasteiger partial charge in [0.2, 0.25) is 0 Å². The average molecular weight is 209 g/mol. The molecule has 0 saturated heterocycles. The molecule has 1 heterocycles. The summed E-state index contributed by atoms with van der Waals surface area (Å²) >= 11 is 0. The minimum atomic E-state index is 0.489. The summed E-state index contributed by atoms with van der Waals surface area (Å²) in [6, 6.07) is 0.489. The molecule has 1 N–H and O–H groups in total. The lowest BCUT2D eigenvalue weighted by molar-refractivity contribution is 0.429. The van der Waals surface area contributed by atoms with Crippen LogP contribution in [0.4, 0.5) is 0 Å². The maximum atomic E-state index is 4.28. The average Bonchev–Trinajstić information content (AvgIpc) is 2.50. The van der Waals surface area contributed by atoms with E-state index in [-0.39, 0.29) is 0 Å². The van der Waals surface area contributed by atoms with Crippen LogP contribution in [0.2, 0.25) is 0 Å². The molecule has 1 aromatic heterocycles. The SMILES string of the molecule is Cc1cnn(C[C@H](C)NCCC(C)C)c1. The summed E-state index contributed by atoms with van der Waals surface area (Å²) in [6.45, 7) is 10.8. The molecule has 1 aromatic rings. The Morgan fingerprint density at radius 1 is 1.40 bits per heavy atom. The van der Waals surface area contributed by atoms with E-state index in [1.165, 1.54) is 12.0 Å². The molecule has 0 saturated carbocycles. The largest absolute Gasteiger partial charge is 0.312 e. The summed E-state index contributed by atoms with van der Waals surface area (Å²) in [5, 5.41) is 7.79. The van der Waals surface area contributed by atoms with Gasteiger partial charge in [-0.2, -0.15) is 5.10 Å². The number of hydrogen-bond donors (Lipinski definition) is 1. The Kier molecular flexibility index (Phi) is 4.82. The highest BCUT2D eigenvalue weighted by atomic mass is 15.3. The quantitative estimate of drug-likeness (QED) is 0.778. The number of nitrogens with zero attached hydrogens (tertiary/aromatic N) is 2. The molecule has 0 aromatic carbocycles. The fourth-order valence-electron chi connectivity index (χ4n) is 1.53. The van der Waals surface area contributed by atoms with Gasteiger partial charge in [0.1, 0.15) is 0 Å². The highest BCUT2D eigenvalue weighted by molar-refractivity contribution is 4.99. The molecule has 1 atom stereocenters. The maximum absolute atomic E-state index is 4.28. The summed E-state index contributed by atoms with van der Waals surface area (Å²) in [5.41, 5.74) is 1.23. The molecule has 0 aliphatic carbocycles. The van der Waals surface area contributed by atoms with E-state index in [1.807, 2.05) is 10.9 Å². The first-order chi connectivity index (χ1) is 7.08. The van der Waals surface area contributed by atoms with Crippen LogP contribution in [0.15, 0.2) is 12.4 Å². The molecule has 86 valence electrons. The first kappa shape index (κ1) is 12.2. The molecule has 3 heteroatoms. The van der Waals surface area contributed by atoms with Crippen LogP contribution in [0.1, 0.15) is 32.8 Å². The first-order valence-electron chi connectivity index (χ1n) is 5.80. The lowest BCUT2D eigenvalue weighted by Gasteiger charge is -2.14. The summed E-state index contributed by atoms with van der Waals surface area (Å²) in [6.07, 6.45) is 5.23. The minimum Gasteiger partial charge on any atom is -0.312 e. The monoisotopic (exact) mass is 209 g/mol. The Morgan fingerprint density at radius 3 is 2.67 bits per heavy atom. The van der Waals surface area contributed by atoms with E-state index in [2.05, 4.69) is 44.3 Å². The van der Waals surface area contributed by atoms with Gasteiger partial charge in [0.05, 0.1) is 12.7 Å². The Labute approximate surface area is 92.9 Å². The molecule has 0 aliphatic heterocycles. The van der Waals surface area contributed by atoms with Gasteiger partial charge < -0.3 is 5.32 Å². The van der Waals surface area contributed by atoms with Crippen molar-refractivity contribution in [2.24, 2.45) is 5.92 Å². The lowest BCUT2D eigenvalue weighted by Crippen LogP contribution is -2.31. The van der Waals surface area contributed by atoms with Crippen LogP contribution in [0.3, 0.4) is 0 Å². The standard InChI is InChI=1S/C12H23N3/c1-10(2)5-6-13-12(4)9-15-8-11(3)7-14-15/h7-8,10,12-13H,5-6,9H2,1-4H3/t12-/m0/s1. The van der Waals surface area contributed by atoms with Crippen LogP contribution < -0.4 is 5.32 Å². The van der Waals surface area contributed by atoms with Gasteiger partial charge in [-0.05, 0) is 38.3 Å². The third-order valence-corrected chi connectivity index (χ3v) is 2.44. The van der Waals surface area contributed by atoms with Gasteiger partial charge >= 0.3 is 0 Å². The van der Waals surface area contributed by atoms with Gasteiger partial charge in [-0.15, -0.1) is 0 Å². The summed E-state index contributed by atoms with van der Waals surface area (Å²) < 4.78 is 2.00. The highest BCUT2D eigenvalue weighted by Crippen LogP contribution is 1.99. The van der Waals surface area contributed by atoms with Gasteiger partial charge in [0.25, 0.3) is 0 Å². The van der Waals surface area contributed by atoms with Crippen molar-refractivity contribution < 1.29 is 0 Å². The fourth-order valence-corrected chi connectivity index (χ4v) is 1.53. The second-order valence-electron chi connectivity index (χ2n) is 4.78. The van der Waals surface area contributed by atoms with Crippen molar-refractivity contribution in [3.05, 3.63) is 18.0 Å². The number of hydrogen-bond acceptors (Lipinski definition) is 2. The van der Waals surface area contributed by atoms with E-state index in [1.54, 1.807) is 0 Å². The molecule has 0 unspecified atom stereocenters. The molecule has 15 heavy (non-hydrogen) atoms. The van der Waals surface area contributed by atoms with Crippen molar-refractivity contribution >= 4 is 0 Å². The predicted octanol–water partition coefficient (Wildman–Crippen LogP) is 2.22. The summed E-state index contributed by atoms with van der Waals surface area (Å²) in [4.78, 5) is 0. The summed E-state index contributed by atoms with van der Waals surface area (Å²) in [7, 11) is 0. The topological polar surface area (TPSA) is 29.9 Å². The second-order valence-corrected chi connectivity index (χ2v) is 4.78. The van der Waals surface area contributed by atoms with Gasteiger partial charge in [0.15, 0.2) is 0 Å². The smallest absolute Gasteiger partial charge is 0.0560 e. The predicted molar refractivity (Wildman–Crippen MR) is 63.9 cm³/mol. The molecule has 1 rings (SSSR count). The Balaban J connectivity index is 2.21. The van der Waals surface area contributed by atoms with E-state index in [0.29, 0.717) is 6.04 Å². The van der Waals surface area contributed by atoms with E-state index < -0.39 is 0 Å². The zero-order valence-corrected chi connectivity index (χ0v) is 10.3. The lowest BCUT2D eigenvalue weighted by atomic mass is 10.1. The molecule has 0 spiro atoms. The van der Waals surface area contributed by atoms with Crippen molar-refractivity contribution in [3.63, 3.8) is 0 Å². The molecule has 0 aliphatic rings. The van der Waals surface area contributed by atoms with Gasteiger partial charge in [-0.1, -0.05) is 13.8 Å². The van der Waals surface area contributed by atoms with Crippen molar-refractivity contribution in [2.75, 3.05) is 6.54 Å². The van der Waals surface area contributed by atoms with E-state index in [4.69, 9.17) is 0 Å². The van der Waals surface area contributed by atoms with E-state index >= 15 is 0 Å². The van der Waals surface area contributed by atoms with Crippen LogP contribution in [0.25, 0.3) is 0 Å². The third kappa shape index (κ3) is 4.98. The van der Waals surface area contributed by atoms with E-state index in [9.17, 15) is 0 Å². The first-order valence-corrected chi connectivity index (χ1v) is 5.80. The molecule has 0 bridgehead atoms. The van der Waals surface area contributed by atoms with Crippen LogP contribution in [0.5, 0.6) is 0 Å². The number of aromatic nitrogens is 2. The maximum Gasteiger partial charge on any atom is 0.0560 e. The van der Waals surface area contributed by atoms with E-state index in [0.717, 1.165) is 19.0 Å². The van der Waals surface area contributed by atoms with Gasteiger partial charge in [-0.25, -0.2) is 0 Å². The van der Waals surface area contributed by atoms with Crippen LogP contribution in [0, 0.1) is 12.8 Å². The van der Waals surface area contributed by atoms with Gasteiger partial charge in [0, 0.05) is 12.2 Å². The molecular formula is C12H23N3. The Morgan fingerprint density at radius 2 is 2.13 bits per heavy atom. The van der Waals surface area contributed by atoms with Crippen LogP contribution >= 0.6 is 0 Å². The molecule has 0 amide bonds. The number of rotatable bonds is 6. The third-order valence-electron chi connectivity index (χ3n) is 2.44. The Hall–Kier alpha value is -0.830. The van der Waals surface area contributed by atoms with Crippen molar-refractivity contribution in [1.29, 1.82) is 0 Å². The Bertz CT molecular complexity index is 278. The van der Waals surface area contributed by atoms with Crippen molar-refractivity contribution in [1.82, 2.24) is 15.1 Å². The molecule has 0 radical (unpaired) electrons. The van der Waals surface area contributed by atoms with Crippen molar-refractivity contribution in [3.8, 4) is 0 Å². The number of aryl methyl sites for hydroxylation is 1. The zero-order valence-electron chi connectivity index (χ0n) is 10.3. The normalized spacial score (nSPS) is 13.4. The van der Waals surface area contributed by atoms with Gasteiger partial charge in [-0.3, -0.25) is 4.68 Å². The van der Waals surface area contributed by atoms with Crippen molar-refractivity contribution in [2.45, 2.75) is 46.7 Å². The van der Waals surface area contributed by atoms with Crippen LogP contribution in [-0.4, -0.2) is 22.4 Å². The zero-order chi connectivity index (χ0) is 11.3. The highest BCUT2D eigenvalue weighted by Gasteiger charge is 2.03. The molecule has 0 fully saturated rings.